The zero-order valence-electron chi connectivity index (χ0n) is 49.4. The molecule has 5 rings (SSSR count). The van der Waals surface area contributed by atoms with Crippen LogP contribution in [0, 0.1) is 11.8 Å². The Bertz CT molecular complexity index is 3300. The first-order valence-electron chi connectivity index (χ1n) is 28.6. The number of rotatable bonds is 34. The fourth-order valence-electron chi connectivity index (χ4n) is 9.35. The van der Waals surface area contributed by atoms with E-state index in [1.54, 1.807) is 26.1 Å². The summed E-state index contributed by atoms with van der Waals surface area (Å²) in [6, 6.07) is 9.64. The van der Waals surface area contributed by atoms with Gasteiger partial charge in [0.2, 0.25) is 53.2 Å². The van der Waals surface area contributed by atoms with E-state index >= 15 is 0 Å². The van der Waals surface area contributed by atoms with Crippen LogP contribution in [0.3, 0.4) is 0 Å². The quantitative estimate of drug-likeness (QED) is 0.0242. The van der Waals surface area contributed by atoms with E-state index in [2.05, 4.69) is 47.5 Å². The summed E-state index contributed by atoms with van der Waals surface area (Å²) in [7, 11) is 0. The second-order valence-electron chi connectivity index (χ2n) is 21.9. The molecule has 0 saturated heterocycles. The van der Waals surface area contributed by atoms with Gasteiger partial charge in [-0.15, -0.1) is 0 Å². The Morgan fingerprint density at radius 2 is 0.899 bits per heavy atom. The van der Waals surface area contributed by atoms with Crippen molar-refractivity contribution in [2.45, 2.75) is 133 Å². The van der Waals surface area contributed by atoms with Gasteiger partial charge in [-0.3, -0.25) is 47.9 Å². The van der Waals surface area contributed by atoms with Crippen molar-refractivity contribution in [1.82, 2.24) is 47.5 Å². The number of hydrogen-bond donors (Lipinski definition) is 17. The molecule has 0 fully saturated rings. The van der Waals surface area contributed by atoms with Crippen LogP contribution >= 0.6 is 0 Å². The number of carbonyl (C=O) groups is 11. The number of aliphatic hydroxyl groups is 1. The van der Waals surface area contributed by atoms with Gasteiger partial charge in [0.1, 0.15) is 65.6 Å². The van der Waals surface area contributed by atoms with Crippen molar-refractivity contribution in [3.05, 3.63) is 126 Å². The Morgan fingerprint density at radius 1 is 0.494 bits per heavy atom. The maximum absolute atomic E-state index is 14.4. The number of hydrogen-bond acceptors (Lipinski definition) is 16. The van der Waals surface area contributed by atoms with E-state index in [1.165, 1.54) is 86.6 Å². The van der Waals surface area contributed by atoms with Crippen LogP contribution in [0.25, 0.3) is 10.9 Å². The number of phenols is 3. The third-order valence-corrected chi connectivity index (χ3v) is 14.6. The molecular formula is C61H77N11O17. The molecule has 9 amide bonds. The molecule has 0 aliphatic heterocycles. The highest BCUT2D eigenvalue weighted by Gasteiger charge is 2.37. The third-order valence-electron chi connectivity index (χ3n) is 14.6. The fraction of sp³-hybridized carbons (Fsp3) is 0.393. The number of carbonyl (C=O) groups excluding carboxylic acids is 9. The van der Waals surface area contributed by atoms with Gasteiger partial charge >= 0.3 is 11.9 Å². The number of aromatic amines is 1. The highest BCUT2D eigenvalue weighted by molar-refractivity contribution is 5.99. The van der Waals surface area contributed by atoms with Gasteiger partial charge in [-0.25, -0.2) is 4.79 Å². The van der Waals surface area contributed by atoms with Crippen molar-refractivity contribution in [1.29, 1.82) is 0 Å². The van der Waals surface area contributed by atoms with Gasteiger partial charge in [0.25, 0.3) is 0 Å². The predicted octanol–water partition coefficient (Wildman–Crippen LogP) is -0.720. The van der Waals surface area contributed by atoms with Gasteiger partial charge in [-0.05, 0) is 89.4 Å². The normalized spacial score (nSPS) is 14.6. The molecule has 0 aliphatic carbocycles. The van der Waals surface area contributed by atoms with Crippen LogP contribution in [0.2, 0.25) is 0 Å². The van der Waals surface area contributed by atoms with Crippen molar-refractivity contribution >= 4 is 76.0 Å². The fourth-order valence-corrected chi connectivity index (χ4v) is 9.35. The Labute approximate surface area is 511 Å². The smallest absolute Gasteiger partial charge is 0.326 e. The number of aliphatic carboxylic acids is 2. The van der Waals surface area contributed by atoms with Gasteiger partial charge in [0, 0.05) is 42.8 Å². The maximum atomic E-state index is 14.4. The molecule has 28 heteroatoms. The Morgan fingerprint density at radius 3 is 1.36 bits per heavy atom. The average Bonchev–Trinajstić information content (AvgIpc) is 2.81. The van der Waals surface area contributed by atoms with Gasteiger partial charge in [-0.1, -0.05) is 88.7 Å². The van der Waals surface area contributed by atoms with Gasteiger partial charge in [0.15, 0.2) is 0 Å². The highest BCUT2D eigenvalue weighted by Crippen LogP contribution is 2.21. The monoisotopic (exact) mass is 1240 g/mol. The summed E-state index contributed by atoms with van der Waals surface area (Å²) in [5.74, 6) is -14.1. The first kappa shape index (κ1) is 69.7. The lowest BCUT2D eigenvalue weighted by atomic mass is 9.97. The molecule has 5 aromatic rings. The van der Waals surface area contributed by atoms with Crippen LogP contribution in [-0.4, -0.2) is 162 Å². The van der Waals surface area contributed by atoms with E-state index in [-0.39, 0.29) is 42.9 Å². The highest BCUT2D eigenvalue weighted by atomic mass is 16.4. The number of aliphatic hydroxyl groups excluding tert-OH is 1. The minimum absolute atomic E-state index is 0.0327. The molecule has 89 heavy (non-hydrogen) atoms. The van der Waals surface area contributed by atoms with Crippen LogP contribution in [0.4, 0.5) is 0 Å². The van der Waals surface area contributed by atoms with Gasteiger partial charge in [0.05, 0.1) is 19.1 Å². The molecule has 0 aliphatic rings. The number of carboxylic acid groups (broad SMARTS) is 2. The number of H-pyrrole nitrogens is 1. The molecule has 0 radical (unpaired) electrons. The van der Waals surface area contributed by atoms with Crippen molar-refractivity contribution in [2.24, 2.45) is 23.3 Å². The summed E-state index contributed by atoms with van der Waals surface area (Å²) in [5.41, 5.74) is 14.5. The number of phenolic OH excluding ortho intramolecular Hbond substituents is 3. The van der Waals surface area contributed by atoms with Crippen LogP contribution < -0.4 is 54.0 Å². The minimum atomic E-state index is -2.06. The standard InChI is InChI=1S/C61H77N11O17/c1-5-32(4)52(61(88)89)72-58(85)46(26-35-14-20-39(76)21-15-35)67-56(83)45(25-34-12-18-38(75)19-13-34)69-60(87)51(31(2)3)71-59(86)48(30-73)70-57(84)47(28-50(78)79)68-54(81)43(22-23-49(63)77)65-55(82)44(24-33-10-16-37(74)17-11-33)66-53(80)41(62)27-36-29-64-42-9-7-6-8-40(36)42/h6-21,29,31-32,41,43-48,51-52,64,73-76H,5,22-28,30,62H2,1-4H3,(H2,63,77)(H,65,82)(H,66,80)(H,67,83)(H,68,81)(H,69,87)(H,70,84)(H,71,86)(H,72,85)(H,78,79)(H,88,89)/t32-,41-,43-,44-,45-,46-,47-,48-,51-,52-/m0/s1. The van der Waals surface area contributed by atoms with Gasteiger partial charge in [-0.2, -0.15) is 0 Å². The Kier molecular flexibility index (Phi) is 26.0. The van der Waals surface area contributed by atoms with Gasteiger partial charge < -0.3 is 89.6 Å². The van der Waals surface area contributed by atoms with E-state index in [9.17, 15) is 83.4 Å². The van der Waals surface area contributed by atoms with Crippen molar-refractivity contribution in [3.8, 4) is 17.2 Å². The Hall–Kier alpha value is -10.1. The van der Waals surface area contributed by atoms with Crippen LogP contribution in [-0.2, 0) is 78.4 Å². The molecule has 10 atom stereocenters. The number of aromatic hydroxyl groups is 3. The summed E-state index contributed by atoms with van der Waals surface area (Å²) in [6.45, 7) is 5.15. The van der Waals surface area contributed by atoms with E-state index in [1.807, 2.05) is 18.2 Å². The first-order chi connectivity index (χ1) is 42.2. The summed E-state index contributed by atoms with van der Waals surface area (Å²) in [5, 5.41) is 80.4. The third kappa shape index (κ3) is 21.4. The molecule has 1 aromatic heterocycles. The molecule has 0 unspecified atom stereocenters. The second-order valence-corrected chi connectivity index (χ2v) is 21.9. The molecule has 478 valence electrons. The lowest BCUT2D eigenvalue weighted by Gasteiger charge is -2.29. The van der Waals surface area contributed by atoms with E-state index in [4.69, 9.17) is 11.5 Å². The SMILES string of the molecule is CC[C@H](C)[C@H](NC(=O)[C@H](Cc1ccc(O)cc1)NC(=O)[C@H](Cc1ccc(O)cc1)NC(=O)[C@@H](NC(=O)[C@H](CO)NC(=O)[C@H](CC(=O)O)NC(=O)[C@H](CCC(N)=O)NC(=O)[C@H](Cc1ccc(O)cc1)NC(=O)[C@@H](N)Cc1c[nH]c2ccccc12)C(C)C)C(=O)O. The van der Waals surface area contributed by atoms with E-state index in [0.29, 0.717) is 28.7 Å². The number of nitrogens with two attached hydrogens (primary N) is 2. The van der Waals surface area contributed by atoms with Crippen molar-refractivity contribution in [2.75, 3.05) is 6.61 Å². The number of fused-ring (bicyclic) bond motifs is 1. The first-order valence-corrected chi connectivity index (χ1v) is 28.6. The van der Waals surface area contributed by atoms with E-state index in [0.717, 1.165) is 10.9 Å². The average molecular weight is 1240 g/mol. The molecule has 1 heterocycles. The minimum Gasteiger partial charge on any atom is -0.508 e. The molecular weight excluding hydrogens is 1160 g/mol. The molecule has 0 bridgehead atoms. The van der Waals surface area contributed by atoms with Crippen LogP contribution in [0.5, 0.6) is 17.2 Å². The summed E-state index contributed by atoms with van der Waals surface area (Å²) < 4.78 is 0. The Balaban J connectivity index is 1.34. The van der Waals surface area contributed by atoms with Crippen molar-refractivity contribution < 1.29 is 83.4 Å². The van der Waals surface area contributed by atoms with Crippen LogP contribution in [0.1, 0.15) is 75.6 Å². The molecule has 0 saturated carbocycles. The molecule has 4 aromatic carbocycles. The lowest BCUT2D eigenvalue weighted by molar-refractivity contribution is -0.144. The topological polar surface area (TPSA) is 473 Å². The van der Waals surface area contributed by atoms with Crippen LogP contribution in [0.15, 0.2) is 103 Å². The zero-order chi connectivity index (χ0) is 65.6. The predicted molar refractivity (Wildman–Crippen MR) is 321 cm³/mol. The molecule has 19 N–H and O–H groups in total. The lowest BCUT2D eigenvalue weighted by Crippen LogP contribution is -2.62. The maximum Gasteiger partial charge on any atom is 0.326 e. The number of benzene rings is 4. The summed E-state index contributed by atoms with van der Waals surface area (Å²) in [4.78, 5) is 152. The molecule has 28 nitrogen and oxygen atoms in total. The summed E-state index contributed by atoms with van der Waals surface area (Å²) in [6.07, 6.45) is -0.864. The number of aromatic nitrogens is 1. The summed E-state index contributed by atoms with van der Waals surface area (Å²) >= 11 is 0. The number of nitrogens with one attached hydrogen (secondary N) is 9. The van der Waals surface area contributed by atoms with E-state index < -0.39 is 157 Å². The second kappa shape index (κ2) is 33.1. The molecule has 0 spiro atoms. The van der Waals surface area contributed by atoms with Crippen molar-refractivity contribution in [3.63, 3.8) is 0 Å². The number of amides is 9. The number of carboxylic acids is 2. The largest absolute Gasteiger partial charge is 0.508 e. The number of para-hydroxylation sites is 1. The zero-order valence-corrected chi connectivity index (χ0v) is 49.4. The number of primary amides is 1.